The van der Waals surface area contributed by atoms with E-state index >= 15 is 0 Å². The summed E-state index contributed by atoms with van der Waals surface area (Å²) in [6.07, 6.45) is 1.35. The van der Waals surface area contributed by atoms with E-state index in [0.717, 1.165) is 34.5 Å². The third-order valence-electron chi connectivity index (χ3n) is 4.16. The normalized spacial score (nSPS) is 16.7. The molecule has 2 aromatic carbocycles. The highest BCUT2D eigenvalue weighted by molar-refractivity contribution is 7.19. The van der Waals surface area contributed by atoms with Crippen LogP contribution in [0.4, 0.5) is 5.13 Å². The van der Waals surface area contributed by atoms with Gasteiger partial charge in [-0.3, -0.25) is 10.1 Å². The Balaban J connectivity index is 1.69. The molecule has 3 aromatic rings. The van der Waals surface area contributed by atoms with Crippen molar-refractivity contribution in [1.29, 1.82) is 0 Å². The number of nitrogens with one attached hydrogen (secondary N) is 1. The van der Waals surface area contributed by atoms with Crippen LogP contribution in [0.2, 0.25) is 0 Å². The number of carbonyl (C=O) groups excluding carboxylic acids is 1. The number of rotatable bonds is 4. The Morgan fingerprint density at radius 1 is 1.04 bits per heavy atom. The Morgan fingerprint density at radius 2 is 1.72 bits per heavy atom. The Kier molecular flexibility index (Phi) is 4.59. The Bertz CT molecular complexity index is 799. The molecule has 0 bridgehead atoms. The molecule has 1 N–H and O–H groups in total. The second kappa shape index (κ2) is 7.17. The number of hydrogen-bond acceptors (Lipinski definition) is 4. The van der Waals surface area contributed by atoms with Crippen molar-refractivity contribution in [2.24, 2.45) is 0 Å². The van der Waals surface area contributed by atoms with Gasteiger partial charge in [0.2, 0.25) is 0 Å². The molecular formula is C20H18N2O2S. The van der Waals surface area contributed by atoms with Gasteiger partial charge in [-0.1, -0.05) is 72.0 Å². The van der Waals surface area contributed by atoms with Gasteiger partial charge in [0.05, 0.1) is 10.6 Å². The van der Waals surface area contributed by atoms with Crippen molar-refractivity contribution in [1.82, 2.24) is 4.98 Å². The number of ether oxygens (including phenoxy) is 1. The lowest BCUT2D eigenvalue weighted by molar-refractivity contribution is -0.124. The molecule has 126 valence electrons. The quantitative estimate of drug-likeness (QED) is 0.748. The molecule has 0 saturated carbocycles. The van der Waals surface area contributed by atoms with Crippen molar-refractivity contribution >= 4 is 22.4 Å². The van der Waals surface area contributed by atoms with Crippen LogP contribution in [0.1, 0.15) is 12.8 Å². The minimum absolute atomic E-state index is 0.106. The van der Waals surface area contributed by atoms with Crippen molar-refractivity contribution in [3.8, 4) is 21.7 Å². The van der Waals surface area contributed by atoms with E-state index < -0.39 is 0 Å². The third-order valence-corrected chi connectivity index (χ3v) is 5.18. The molecule has 25 heavy (non-hydrogen) atoms. The van der Waals surface area contributed by atoms with Gasteiger partial charge >= 0.3 is 0 Å². The van der Waals surface area contributed by atoms with Gasteiger partial charge in [0.15, 0.2) is 5.13 Å². The second-order valence-corrected chi connectivity index (χ2v) is 6.92. The predicted molar refractivity (Wildman–Crippen MR) is 101 cm³/mol. The Morgan fingerprint density at radius 3 is 2.36 bits per heavy atom. The van der Waals surface area contributed by atoms with Crippen molar-refractivity contribution in [3.05, 3.63) is 60.7 Å². The van der Waals surface area contributed by atoms with E-state index in [0.29, 0.717) is 11.7 Å². The van der Waals surface area contributed by atoms with Gasteiger partial charge in [-0.25, -0.2) is 4.98 Å². The van der Waals surface area contributed by atoms with Gasteiger partial charge in [0, 0.05) is 12.2 Å². The highest BCUT2D eigenvalue weighted by atomic mass is 32.1. The standard InChI is InChI=1S/C20H18N2O2S/c23-19(16-12-7-13-24-16)22-20-21-17(14-8-3-1-4-9-14)18(25-20)15-10-5-2-6-11-15/h1-6,8-11,16H,7,12-13H2,(H,21,22,23)/t16-/m0/s1. The molecule has 0 spiro atoms. The van der Waals surface area contributed by atoms with Crippen molar-refractivity contribution in [2.75, 3.05) is 11.9 Å². The van der Waals surface area contributed by atoms with Crippen molar-refractivity contribution < 1.29 is 9.53 Å². The first-order valence-corrected chi connectivity index (χ1v) is 9.17. The summed E-state index contributed by atoms with van der Waals surface area (Å²) in [4.78, 5) is 18.1. The molecule has 1 aliphatic rings. The summed E-state index contributed by atoms with van der Waals surface area (Å²) in [5.41, 5.74) is 3.02. The van der Waals surface area contributed by atoms with E-state index in [2.05, 4.69) is 17.4 Å². The number of thiazole rings is 1. The van der Waals surface area contributed by atoms with Crippen LogP contribution in [0.5, 0.6) is 0 Å². The van der Waals surface area contributed by atoms with Crippen molar-refractivity contribution in [3.63, 3.8) is 0 Å². The molecule has 1 aliphatic heterocycles. The summed E-state index contributed by atoms with van der Waals surface area (Å²) >= 11 is 1.50. The van der Waals surface area contributed by atoms with Gasteiger partial charge in [0.1, 0.15) is 6.10 Å². The zero-order valence-corrected chi connectivity index (χ0v) is 14.5. The lowest BCUT2D eigenvalue weighted by Crippen LogP contribution is -2.26. The largest absolute Gasteiger partial charge is 0.368 e. The summed E-state index contributed by atoms with van der Waals surface area (Å²) in [5, 5.41) is 3.54. The maximum Gasteiger partial charge on any atom is 0.255 e. The van der Waals surface area contributed by atoms with E-state index in [1.165, 1.54) is 11.3 Å². The number of aromatic nitrogens is 1. The van der Waals surface area contributed by atoms with Gasteiger partial charge in [-0.15, -0.1) is 0 Å². The first kappa shape index (κ1) is 16.0. The van der Waals surface area contributed by atoms with Gasteiger partial charge in [-0.05, 0) is 18.4 Å². The lowest BCUT2D eigenvalue weighted by atomic mass is 10.1. The molecule has 4 nitrogen and oxygen atoms in total. The SMILES string of the molecule is O=C(Nc1nc(-c2ccccc2)c(-c2ccccc2)s1)[C@@H]1CCCO1. The molecule has 4 rings (SSSR count). The number of anilines is 1. The molecule has 0 radical (unpaired) electrons. The number of nitrogens with zero attached hydrogens (tertiary/aromatic N) is 1. The molecule has 0 unspecified atom stereocenters. The molecule has 0 aliphatic carbocycles. The van der Waals surface area contributed by atoms with Crippen LogP contribution >= 0.6 is 11.3 Å². The van der Waals surface area contributed by atoms with Crippen LogP contribution in [-0.2, 0) is 9.53 Å². The first-order chi connectivity index (χ1) is 12.3. The van der Waals surface area contributed by atoms with Crippen molar-refractivity contribution in [2.45, 2.75) is 18.9 Å². The molecule has 5 heteroatoms. The van der Waals surface area contributed by atoms with Crippen LogP contribution in [0.15, 0.2) is 60.7 Å². The van der Waals surface area contributed by atoms with E-state index in [1.54, 1.807) is 0 Å². The summed E-state index contributed by atoms with van der Waals surface area (Å²) in [6, 6.07) is 20.2. The fourth-order valence-electron chi connectivity index (χ4n) is 2.92. The predicted octanol–water partition coefficient (Wildman–Crippen LogP) is 4.59. The van der Waals surface area contributed by atoms with E-state index in [4.69, 9.17) is 9.72 Å². The van der Waals surface area contributed by atoms with Crippen LogP contribution in [0, 0.1) is 0 Å². The van der Waals surface area contributed by atoms with Crippen LogP contribution in [-0.4, -0.2) is 23.6 Å². The average Bonchev–Trinajstić information content (AvgIpc) is 3.33. The van der Waals surface area contributed by atoms with Crippen LogP contribution in [0.25, 0.3) is 21.7 Å². The van der Waals surface area contributed by atoms with Gasteiger partial charge in [0.25, 0.3) is 5.91 Å². The highest BCUT2D eigenvalue weighted by Crippen LogP contribution is 2.39. The Labute approximate surface area is 150 Å². The number of hydrogen-bond donors (Lipinski definition) is 1. The molecule has 1 atom stereocenters. The fourth-order valence-corrected chi connectivity index (χ4v) is 3.92. The minimum atomic E-state index is -0.357. The van der Waals surface area contributed by atoms with Crippen LogP contribution in [0.3, 0.4) is 0 Å². The second-order valence-electron chi connectivity index (χ2n) is 5.92. The number of carbonyl (C=O) groups is 1. The smallest absolute Gasteiger partial charge is 0.255 e. The topological polar surface area (TPSA) is 51.2 Å². The number of benzene rings is 2. The maximum absolute atomic E-state index is 12.3. The Hall–Kier alpha value is -2.50. The number of amides is 1. The molecule has 1 saturated heterocycles. The third kappa shape index (κ3) is 3.48. The molecular weight excluding hydrogens is 332 g/mol. The first-order valence-electron chi connectivity index (χ1n) is 8.35. The van der Waals surface area contributed by atoms with E-state index in [1.807, 2.05) is 48.5 Å². The summed E-state index contributed by atoms with van der Waals surface area (Å²) in [5.74, 6) is -0.106. The molecule has 1 aromatic heterocycles. The summed E-state index contributed by atoms with van der Waals surface area (Å²) in [7, 11) is 0. The monoisotopic (exact) mass is 350 g/mol. The molecule has 2 heterocycles. The zero-order valence-electron chi connectivity index (χ0n) is 13.6. The minimum Gasteiger partial charge on any atom is -0.368 e. The lowest BCUT2D eigenvalue weighted by Gasteiger charge is -2.07. The van der Waals surface area contributed by atoms with Gasteiger partial charge < -0.3 is 4.74 Å². The van der Waals surface area contributed by atoms with E-state index in [-0.39, 0.29) is 12.0 Å². The van der Waals surface area contributed by atoms with Crippen LogP contribution < -0.4 is 5.32 Å². The molecule has 1 amide bonds. The maximum atomic E-state index is 12.3. The summed E-state index contributed by atoms with van der Waals surface area (Å²) in [6.45, 7) is 0.653. The fraction of sp³-hybridized carbons (Fsp3) is 0.200. The summed E-state index contributed by atoms with van der Waals surface area (Å²) < 4.78 is 5.46. The zero-order chi connectivity index (χ0) is 17.1. The molecule has 1 fully saturated rings. The average molecular weight is 350 g/mol. The highest BCUT2D eigenvalue weighted by Gasteiger charge is 2.25. The van der Waals surface area contributed by atoms with E-state index in [9.17, 15) is 4.79 Å². The van der Waals surface area contributed by atoms with Gasteiger partial charge in [-0.2, -0.15) is 0 Å².